The third-order valence-electron chi connectivity index (χ3n) is 2.98. The molecule has 0 radical (unpaired) electrons. The van der Waals surface area contributed by atoms with Gasteiger partial charge in [-0.3, -0.25) is 9.59 Å². The Labute approximate surface area is 107 Å². The highest BCUT2D eigenvalue weighted by atomic mass is 16.4. The zero-order valence-electron chi connectivity index (χ0n) is 11.0. The average molecular weight is 249 g/mol. The Kier molecular flexibility index (Phi) is 4.89. The van der Waals surface area contributed by atoms with Crippen LogP contribution in [0.3, 0.4) is 0 Å². The summed E-state index contributed by atoms with van der Waals surface area (Å²) < 4.78 is 0. The van der Waals surface area contributed by atoms with E-state index in [0.717, 1.165) is 5.56 Å². The predicted octanol–water partition coefficient (Wildman–Crippen LogP) is 2.32. The summed E-state index contributed by atoms with van der Waals surface area (Å²) in [5.74, 6) is -0.997. The van der Waals surface area contributed by atoms with Crippen molar-refractivity contribution in [1.29, 1.82) is 0 Å². The Morgan fingerprint density at radius 3 is 2.44 bits per heavy atom. The number of carbonyl (C=O) groups excluding carboxylic acids is 1. The Bertz CT molecular complexity index is 442. The van der Waals surface area contributed by atoms with E-state index in [2.05, 4.69) is 0 Å². The first-order chi connectivity index (χ1) is 8.47. The van der Waals surface area contributed by atoms with E-state index in [0.29, 0.717) is 12.1 Å². The molecule has 98 valence electrons. The first kappa shape index (κ1) is 14.2. The van der Waals surface area contributed by atoms with Crippen molar-refractivity contribution in [3.05, 3.63) is 35.4 Å². The molecule has 0 bridgehead atoms. The van der Waals surface area contributed by atoms with E-state index < -0.39 is 5.97 Å². The number of aliphatic carboxylic acids is 1. The number of aryl methyl sites for hydroxylation is 1. The first-order valence-electron chi connectivity index (χ1n) is 6.05. The molecule has 4 heteroatoms. The number of amides is 1. The van der Waals surface area contributed by atoms with Gasteiger partial charge in [0.05, 0.1) is 6.42 Å². The van der Waals surface area contributed by atoms with Crippen molar-refractivity contribution in [3.63, 3.8) is 0 Å². The van der Waals surface area contributed by atoms with E-state index in [4.69, 9.17) is 5.11 Å². The molecule has 0 spiro atoms. The van der Waals surface area contributed by atoms with Gasteiger partial charge in [0.15, 0.2) is 0 Å². The van der Waals surface area contributed by atoms with Gasteiger partial charge in [-0.05, 0) is 32.4 Å². The number of carboxylic acids is 1. The lowest BCUT2D eigenvalue weighted by molar-refractivity contribution is -0.138. The largest absolute Gasteiger partial charge is 0.481 e. The number of benzene rings is 1. The van der Waals surface area contributed by atoms with Crippen LogP contribution in [0, 0.1) is 6.92 Å². The summed E-state index contributed by atoms with van der Waals surface area (Å²) in [6.45, 7) is 5.99. The standard InChI is InChI=1S/C14H19NO3/c1-4-15(11(3)9-13(16)17)14(18)12-8-6-5-7-10(12)2/h5-8,11H,4,9H2,1-3H3,(H,16,17). The van der Waals surface area contributed by atoms with Crippen LogP contribution in [0.1, 0.15) is 36.2 Å². The fourth-order valence-electron chi connectivity index (χ4n) is 1.99. The molecule has 0 heterocycles. The van der Waals surface area contributed by atoms with E-state index in [1.807, 2.05) is 32.0 Å². The molecule has 1 amide bonds. The van der Waals surface area contributed by atoms with Crippen LogP contribution in [-0.4, -0.2) is 34.5 Å². The summed E-state index contributed by atoms with van der Waals surface area (Å²) in [5.41, 5.74) is 1.54. The molecule has 1 N–H and O–H groups in total. The Morgan fingerprint density at radius 1 is 1.33 bits per heavy atom. The molecule has 0 saturated carbocycles. The minimum Gasteiger partial charge on any atom is -0.481 e. The van der Waals surface area contributed by atoms with Gasteiger partial charge in [0.1, 0.15) is 0 Å². The number of hydrogen-bond acceptors (Lipinski definition) is 2. The molecule has 1 aromatic carbocycles. The minimum absolute atomic E-state index is 0.0362. The molecular formula is C14H19NO3. The Hall–Kier alpha value is -1.84. The van der Waals surface area contributed by atoms with Gasteiger partial charge in [0, 0.05) is 18.2 Å². The van der Waals surface area contributed by atoms with Crippen LogP contribution >= 0.6 is 0 Å². The zero-order valence-corrected chi connectivity index (χ0v) is 11.0. The van der Waals surface area contributed by atoms with Crippen LogP contribution < -0.4 is 0 Å². The summed E-state index contributed by atoms with van der Waals surface area (Å²) in [5, 5.41) is 8.80. The molecule has 0 aromatic heterocycles. The quantitative estimate of drug-likeness (QED) is 0.871. The van der Waals surface area contributed by atoms with Gasteiger partial charge in [-0.2, -0.15) is 0 Å². The number of rotatable bonds is 5. The van der Waals surface area contributed by atoms with E-state index in [9.17, 15) is 9.59 Å². The molecule has 1 atom stereocenters. The van der Waals surface area contributed by atoms with Crippen LogP contribution in [0.5, 0.6) is 0 Å². The van der Waals surface area contributed by atoms with Crippen LogP contribution in [0.4, 0.5) is 0 Å². The zero-order chi connectivity index (χ0) is 13.7. The molecule has 0 aliphatic heterocycles. The second-order valence-electron chi connectivity index (χ2n) is 4.35. The highest BCUT2D eigenvalue weighted by molar-refractivity contribution is 5.96. The topological polar surface area (TPSA) is 57.6 Å². The van der Waals surface area contributed by atoms with Crippen LogP contribution in [-0.2, 0) is 4.79 Å². The molecule has 1 unspecified atom stereocenters. The molecule has 0 fully saturated rings. The molecule has 1 rings (SSSR count). The maximum absolute atomic E-state index is 12.4. The lowest BCUT2D eigenvalue weighted by Crippen LogP contribution is -2.39. The molecule has 1 aromatic rings. The molecule has 0 saturated heterocycles. The van der Waals surface area contributed by atoms with Gasteiger partial charge in [0.2, 0.25) is 0 Å². The minimum atomic E-state index is -0.890. The van der Waals surface area contributed by atoms with Gasteiger partial charge < -0.3 is 10.0 Å². The summed E-state index contributed by atoms with van der Waals surface area (Å²) >= 11 is 0. The third-order valence-corrected chi connectivity index (χ3v) is 2.98. The van der Waals surface area contributed by atoms with E-state index >= 15 is 0 Å². The van der Waals surface area contributed by atoms with Gasteiger partial charge in [-0.15, -0.1) is 0 Å². The number of nitrogens with zero attached hydrogens (tertiary/aromatic N) is 1. The number of carbonyl (C=O) groups is 2. The fourth-order valence-corrected chi connectivity index (χ4v) is 1.99. The molecular weight excluding hydrogens is 230 g/mol. The van der Waals surface area contributed by atoms with Gasteiger partial charge in [0.25, 0.3) is 5.91 Å². The van der Waals surface area contributed by atoms with Crippen molar-refractivity contribution in [1.82, 2.24) is 4.90 Å². The monoisotopic (exact) mass is 249 g/mol. The lowest BCUT2D eigenvalue weighted by atomic mass is 10.1. The van der Waals surface area contributed by atoms with Crippen LogP contribution in [0.15, 0.2) is 24.3 Å². The molecule has 0 aliphatic carbocycles. The smallest absolute Gasteiger partial charge is 0.305 e. The fraction of sp³-hybridized carbons (Fsp3) is 0.429. The van der Waals surface area contributed by atoms with Crippen LogP contribution in [0.2, 0.25) is 0 Å². The van der Waals surface area contributed by atoms with Gasteiger partial charge >= 0.3 is 5.97 Å². The number of hydrogen-bond donors (Lipinski definition) is 1. The van der Waals surface area contributed by atoms with E-state index in [-0.39, 0.29) is 18.4 Å². The van der Waals surface area contributed by atoms with Crippen LogP contribution in [0.25, 0.3) is 0 Å². The first-order valence-corrected chi connectivity index (χ1v) is 6.05. The van der Waals surface area contributed by atoms with Crippen molar-refractivity contribution < 1.29 is 14.7 Å². The van der Waals surface area contributed by atoms with Crippen molar-refractivity contribution in [2.24, 2.45) is 0 Å². The van der Waals surface area contributed by atoms with E-state index in [1.165, 1.54) is 0 Å². The SMILES string of the molecule is CCN(C(=O)c1ccccc1C)C(C)CC(=O)O. The summed E-state index contributed by atoms with van der Waals surface area (Å²) in [6.07, 6.45) is -0.0362. The third kappa shape index (κ3) is 3.32. The Balaban J connectivity index is 2.92. The maximum Gasteiger partial charge on any atom is 0.305 e. The summed E-state index contributed by atoms with van der Waals surface area (Å²) in [6, 6.07) is 7.04. The summed E-state index contributed by atoms with van der Waals surface area (Å²) in [7, 11) is 0. The van der Waals surface area contributed by atoms with Crippen molar-refractivity contribution in [2.45, 2.75) is 33.2 Å². The van der Waals surface area contributed by atoms with Gasteiger partial charge in [-0.1, -0.05) is 18.2 Å². The molecule has 4 nitrogen and oxygen atoms in total. The average Bonchev–Trinajstić information content (AvgIpc) is 2.29. The highest BCUT2D eigenvalue weighted by Gasteiger charge is 2.22. The van der Waals surface area contributed by atoms with Crippen molar-refractivity contribution in [2.75, 3.05) is 6.54 Å². The second kappa shape index (κ2) is 6.19. The van der Waals surface area contributed by atoms with E-state index in [1.54, 1.807) is 17.9 Å². The lowest BCUT2D eigenvalue weighted by Gasteiger charge is -2.27. The Morgan fingerprint density at radius 2 is 1.94 bits per heavy atom. The second-order valence-corrected chi connectivity index (χ2v) is 4.35. The number of carboxylic acid groups (broad SMARTS) is 1. The predicted molar refractivity (Wildman–Crippen MR) is 69.6 cm³/mol. The van der Waals surface area contributed by atoms with Crippen molar-refractivity contribution in [3.8, 4) is 0 Å². The summed E-state index contributed by atoms with van der Waals surface area (Å²) in [4.78, 5) is 24.7. The van der Waals surface area contributed by atoms with Gasteiger partial charge in [-0.25, -0.2) is 0 Å². The molecule has 0 aliphatic rings. The molecule has 18 heavy (non-hydrogen) atoms. The highest BCUT2D eigenvalue weighted by Crippen LogP contribution is 2.14. The van der Waals surface area contributed by atoms with Crippen molar-refractivity contribution >= 4 is 11.9 Å². The maximum atomic E-state index is 12.4. The normalized spacial score (nSPS) is 11.9.